The largest absolute Gasteiger partial charge is 0.496 e. The molecule has 0 radical (unpaired) electrons. The Labute approximate surface area is 117 Å². The third kappa shape index (κ3) is 2.91. The van der Waals surface area contributed by atoms with Crippen molar-refractivity contribution < 1.29 is 19.0 Å². The lowest BCUT2D eigenvalue weighted by molar-refractivity contribution is -0.144. The van der Waals surface area contributed by atoms with E-state index in [9.17, 15) is 14.3 Å². The number of benzene rings is 1. The normalized spacial score (nSPS) is 18.8. The fraction of sp³-hybridized carbons (Fsp3) is 0.500. The third-order valence-corrected chi connectivity index (χ3v) is 3.64. The van der Waals surface area contributed by atoms with E-state index in [-0.39, 0.29) is 11.3 Å². The second kappa shape index (κ2) is 6.19. The maximum absolute atomic E-state index is 14.1. The highest BCUT2D eigenvalue weighted by Gasteiger charge is 2.33. The number of hydrogen-bond donors (Lipinski definition) is 1. The van der Waals surface area contributed by atoms with Crippen LogP contribution in [0.2, 0.25) is 0 Å². The Bertz CT molecular complexity index is 487. The second-order valence-electron chi connectivity index (χ2n) is 4.94. The minimum Gasteiger partial charge on any atom is -0.496 e. The number of nitrogens with zero attached hydrogens (tertiary/aromatic N) is 2. The molecule has 1 unspecified atom stereocenters. The van der Waals surface area contributed by atoms with Crippen LogP contribution in [0.1, 0.15) is 11.6 Å². The van der Waals surface area contributed by atoms with Crippen LogP contribution in [0.25, 0.3) is 0 Å². The van der Waals surface area contributed by atoms with Crippen molar-refractivity contribution in [3.05, 3.63) is 29.6 Å². The van der Waals surface area contributed by atoms with E-state index in [1.807, 2.05) is 7.05 Å². The van der Waals surface area contributed by atoms with Crippen LogP contribution in [-0.4, -0.2) is 61.2 Å². The van der Waals surface area contributed by atoms with Gasteiger partial charge in [-0.2, -0.15) is 0 Å². The lowest BCUT2D eigenvalue weighted by Crippen LogP contribution is -2.48. The first-order valence-electron chi connectivity index (χ1n) is 6.52. The van der Waals surface area contributed by atoms with Crippen molar-refractivity contribution in [2.24, 2.45) is 0 Å². The number of hydrogen-bond acceptors (Lipinski definition) is 4. The maximum Gasteiger partial charge on any atom is 0.325 e. The minimum absolute atomic E-state index is 0.104. The molecule has 1 atom stereocenters. The molecule has 0 bridgehead atoms. The molecule has 1 aliphatic rings. The van der Waals surface area contributed by atoms with Crippen LogP contribution >= 0.6 is 0 Å². The molecule has 1 fully saturated rings. The molecule has 1 saturated heterocycles. The highest BCUT2D eigenvalue weighted by Crippen LogP contribution is 2.32. The summed E-state index contributed by atoms with van der Waals surface area (Å²) in [5, 5.41) is 9.51. The van der Waals surface area contributed by atoms with Crippen LogP contribution < -0.4 is 4.74 Å². The zero-order valence-electron chi connectivity index (χ0n) is 11.7. The molecule has 1 N–H and O–H groups in total. The molecular weight excluding hydrogens is 263 g/mol. The average Bonchev–Trinajstić information content (AvgIpc) is 2.42. The van der Waals surface area contributed by atoms with Crippen molar-refractivity contribution in [2.75, 3.05) is 40.3 Å². The molecule has 2 rings (SSSR count). The van der Waals surface area contributed by atoms with E-state index in [0.717, 1.165) is 13.1 Å². The number of halogens is 1. The Balaban J connectivity index is 2.36. The number of piperazine rings is 1. The lowest BCUT2D eigenvalue weighted by atomic mass is 10.0. The van der Waals surface area contributed by atoms with Gasteiger partial charge >= 0.3 is 5.97 Å². The first-order chi connectivity index (χ1) is 9.54. The summed E-state index contributed by atoms with van der Waals surface area (Å²) in [6, 6.07) is 3.36. The van der Waals surface area contributed by atoms with Crippen LogP contribution in [0.4, 0.5) is 4.39 Å². The molecule has 6 heteroatoms. The molecule has 0 aliphatic carbocycles. The van der Waals surface area contributed by atoms with Gasteiger partial charge in [-0.3, -0.25) is 9.69 Å². The molecule has 1 heterocycles. The van der Waals surface area contributed by atoms with E-state index in [2.05, 4.69) is 4.90 Å². The van der Waals surface area contributed by atoms with Gasteiger partial charge in [0.15, 0.2) is 0 Å². The van der Waals surface area contributed by atoms with Crippen molar-refractivity contribution >= 4 is 5.97 Å². The Morgan fingerprint density at radius 2 is 2.00 bits per heavy atom. The van der Waals surface area contributed by atoms with E-state index >= 15 is 0 Å². The van der Waals surface area contributed by atoms with E-state index in [4.69, 9.17) is 4.74 Å². The molecule has 5 nitrogen and oxygen atoms in total. The molecule has 1 aliphatic heterocycles. The lowest BCUT2D eigenvalue weighted by Gasteiger charge is -2.36. The zero-order valence-corrected chi connectivity index (χ0v) is 11.7. The quantitative estimate of drug-likeness (QED) is 0.899. The fourth-order valence-corrected chi connectivity index (χ4v) is 2.50. The maximum atomic E-state index is 14.1. The first-order valence-corrected chi connectivity index (χ1v) is 6.52. The molecule has 0 saturated carbocycles. The minimum atomic E-state index is -1.06. The highest BCUT2D eigenvalue weighted by atomic mass is 19.1. The van der Waals surface area contributed by atoms with Gasteiger partial charge in [0.1, 0.15) is 17.6 Å². The summed E-state index contributed by atoms with van der Waals surface area (Å²) in [5.74, 6) is -1.33. The van der Waals surface area contributed by atoms with Gasteiger partial charge in [0.05, 0.1) is 12.7 Å². The predicted molar refractivity (Wildman–Crippen MR) is 72.4 cm³/mol. The van der Waals surface area contributed by atoms with Gasteiger partial charge in [-0.05, 0) is 19.2 Å². The summed E-state index contributed by atoms with van der Waals surface area (Å²) < 4.78 is 19.2. The molecule has 1 aromatic carbocycles. The van der Waals surface area contributed by atoms with Gasteiger partial charge in [-0.15, -0.1) is 0 Å². The van der Waals surface area contributed by atoms with Crippen LogP contribution in [0.5, 0.6) is 5.75 Å². The smallest absolute Gasteiger partial charge is 0.325 e. The van der Waals surface area contributed by atoms with Crippen LogP contribution in [-0.2, 0) is 4.79 Å². The number of methoxy groups -OCH3 is 1. The Morgan fingerprint density at radius 1 is 1.35 bits per heavy atom. The SMILES string of the molecule is COc1cccc(F)c1C(C(=O)O)N1CCN(C)CC1. The van der Waals surface area contributed by atoms with Gasteiger partial charge in [-0.1, -0.05) is 6.07 Å². The topological polar surface area (TPSA) is 53.0 Å². The number of carbonyl (C=O) groups is 1. The molecule has 0 aromatic heterocycles. The number of carboxylic acids is 1. The number of aliphatic carboxylic acids is 1. The summed E-state index contributed by atoms with van der Waals surface area (Å²) in [7, 11) is 3.40. The Hall–Kier alpha value is -1.66. The third-order valence-electron chi connectivity index (χ3n) is 3.64. The molecule has 20 heavy (non-hydrogen) atoms. The molecule has 0 amide bonds. The van der Waals surface area contributed by atoms with Gasteiger partial charge in [0.25, 0.3) is 0 Å². The predicted octanol–water partition coefficient (Wildman–Crippen LogP) is 1.21. The monoisotopic (exact) mass is 282 g/mol. The van der Waals surface area contributed by atoms with Gasteiger partial charge < -0.3 is 14.7 Å². The summed E-state index contributed by atoms with van der Waals surface area (Å²) in [6.07, 6.45) is 0. The van der Waals surface area contributed by atoms with Crippen LogP contribution in [0.15, 0.2) is 18.2 Å². The Kier molecular flexibility index (Phi) is 4.57. The van der Waals surface area contributed by atoms with Gasteiger partial charge in [0, 0.05) is 26.2 Å². The van der Waals surface area contributed by atoms with Crippen molar-refractivity contribution in [2.45, 2.75) is 6.04 Å². The highest BCUT2D eigenvalue weighted by molar-refractivity contribution is 5.77. The molecular formula is C14H19FN2O3. The van der Waals surface area contributed by atoms with Gasteiger partial charge in [0.2, 0.25) is 0 Å². The Morgan fingerprint density at radius 3 is 2.55 bits per heavy atom. The second-order valence-corrected chi connectivity index (χ2v) is 4.94. The van der Waals surface area contributed by atoms with Crippen molar-refractivity contribution in [3.63, 3.8) is 0 Å². The fourth-order valence-electron chi connectivity index (χ4n) is 2.50. The molecule has 1 aromatic rings. The van der Waals surface area contributed by atoms with E-state index in [1.165, 1.54) is 19.2 Å². The van der Waals surface area contributed by atoms with Crippen molar-refractivity contribution in [1.29, 1.82) is 0 Å². The summed E-state index contributed by atoms with van der Waals surface area (Å²) >= 11 is 0. The summed E-state index contributed by atoms with van der Waals surface area (Å²) in [4.78, 5) is 15.5. The number of rotatable bonds is 4. The average molecular weight is 282 g/mol. The molecule has 0 spiro atoms. The number of carboxylic acid groups (broad SMARTS) is 1. The molecule has 110 valence electrons. The zero-order chi connectivity index (χ0) is 14.7. The van der Waals surface area contributed by atoms with Crippen molar-refractivity contribution in [1.82, 2.24) is 9.80 Å². The van der Waals surface area contributed by atoms with Crippen LogP contribution in [0.3, 0.4) is 0 Å². The van der Waals surface area contributed by atoms with E-state index in [1.54, 1.807) is 11.0 Å². The van der Waals surface area contributed by atoms with Crippen LogP contribution in [0, 0.1) is 5.82 Å². The first kappa shape index (κ1) is 14.7. The number of likely N-dealkylation sites (N-methyl/N-ethyl adjacent to an activating group) is 1. The van der Waals surface area contributed by atoms with Gasteiger partial charge in [-0.25, -0.2) is 4.39 Å². The van der Waals surface area contributed by atoms with E-state index < -0.39 is 17.8 Å². The van der Waals surface area contributed by atoms with E-state index in [0.29, 0.717) is 13.1 Å². The van der Waals surface area contributed by atoms with Crippen molar-refractivity contribution in [3.8, 4) is 5.75 Å². The summed E-state index contributed by atoms with van der Waals surface area (Å²) in [5.41, 5.74) is 0.104. The summed E-state index contributed by atoms with van der Waals surface area (Å²) in [6.45, 7) is 2.71. The standard InChI is InChI=1S/C14H19FN2O3/c1-16-6-8-17(9-7-16)13(14(18)19)12-10(15)4-3-5-11(12)20-2/h3-5,13H,6-9H2,1-2H3,(H,18,19). The number of ether oxygens (including phenoxy) is 1.